The van der Waals surface area contributed by atoms with Crippen LogP contribution in [0, 0.1) is 6.92 Å². The van der Waals surface area contributed by atoms with Crippen LogP contribution in [0.4, 0.5) is 0 Å². The fraction of sp³-hybridized carbons (Fsp3) is 0.0270. The van der Waals surface area contributed by atoms with E-state index < -0.39 is 0 Å². The van der Waals surface area contributed by atoms with Crippen LogP contribution in [0.5, 0.6) is 23.0 Å². The van der Waals surface area contributed by atoms with Crippen molar-refractivity contribution in [1.29, 1.82) is 0 Å². The minimum atomic E-state index is -0.238. The highest BCUT2D eigenvalue weighted by Gasteiger charge is 2.29. The fourth-order valence-corrected chi connectivity index (χ4v) is 7.46. The number of hydrogen-bond acceptors (Lipinski definition) is 3. The van der Waals surface area contributed by atoms with Gasteiger partial charge >= 0.3 is 0 Å². The number of para-hydroxylation sites is 2. The third-order valence-corrected chi connectivity index (χ3v) is 9.83. The molecule has 6 aromatic carbocycles. The maximum absolute atomic E-state index is 6.05. The van der Waals surface area contributed by atoms with Crippen LogP contribution >= 0.6 is 11.8 Å². The van der Waals surface area contributed by atoms with Gasteiger partial charge in [0.25, 0.3) is 0 Å². The van der Waals surface area contributed by atoms with E-state index in [1.165, 1.54) is 30.0 Å². The monoisotopic (exact) mass is 569 g/mol. The summed E-state index contributed by atoms with van der Waals surface area (Å²) in [4.78, 5) is 6.26. The van der Waals surface area contributed by atoms with Crippen LogP contribution in [0.2, 0.25) is 0 Å². The molecule has 6 rings (SSSR count). The molecule has 200 valence electrons. The van der Waals surface area contributed by atoms with Gasteiger partial charge in [-0.05, 0) is 116 Å². The average Bonchev–Trinajstić information content (AvgIpc) is 3.02. The van der Waals surface area contributed by atoms with Crippen molar-refractivity contribution in [2.45, 2.75) is 31.4 Å². The summed E-state index contributed by atoms with van der Waals surface area (Å²) in [5, 5.41) is 0. The van der Waals surface area contributed by atoms with Gasteiger partial charge in [0, 0.05) is 9.79 Å². The Bertz CT molecular complexity index is 1690. The predicted octanol–water partition coefficient (Wildman–Crippen LogP) is 10.8. The Kier molecular flexibility index (Phi) is 8.41. The van der Waals surface area contributed by atoms with E-state index in [0.717, 1.165) is 23.0 Å². The quantitative estimate of drug-likeness (QED) is 0.161. The first-order valence-corrected chi connectivity index (χ1v) is 15.5. The highest BCUT2D eigenvalue weighted by Crippen LogP contribution is 2.37. The van der Waals surface area contributed by atoms with E-state index in [1.807, 2.05) is 72.8 Å². The van der Waals surface area contributed by atoms with Crippen molar-refractivity contribution in [2.24, 2.45) is 0 Å². The molecule has 0 aliphatic rings. The van der Waals surface area contributed by atoms with Crippen molar-refractivity contribution in [3.05, 3.63) is 163 Å². The van der Waals surface area contributed by atoms with Crippen LogP contribution in [-0.4, -0.2) is 0 Å². The standard InChI is InChI=1S/C37H29O2S2/c1-28-27-36(25-26-37(28)40-33-21-17-31(18-22-33)38-29-11-5-2-6-12-29)41(34-15-9-4-10-16-34)35-23-19-32(20-24-35)39-30-13-7-3-8-14-30/h2-27H,1H3/q+1. The molecule has 0 bridgehead atoms. The molecular weight excluding hydrogens is 541 g/mol. The molecule has 0 saturated heterocycles. The van der Waals surface area contributed by atoms with Gasteiger partial charge in [0.05, 0.1) is 10.9 Å². The highest BCUT2D eigenvalue weighted by molar-refractivity contribution is 7.99. The first kappa shape index (κ1) is 26.8. The molecule has 0 saturated carbocycles. The van der Waals surface area contributed by atoms with Gasteiger partial charge in [0.1, 0.15) is 23.0 Å². The van der Waals surface area contributed by atoms with Crippen molar-refractivity contribution in [3.63, 3.8) is 0 Å². The number of rotatable bonds is 9. The molecule has 0 heterocycles. The zero-order chi connectivity index (χ0) is 27.9. The van der Waals surface area contributed by atoms with E-state index >= 15 is 0 Å². The molecule has 0 aromatic heterocycles. The maximum atomic E-state index is 6.05. The lowest BCUT2D eigenvalue weighted by Crippen LogP contribution is -2.05. The van der Waals surface area contributed by atoms with Gasteiger partial charge in [-0.25, -0.2) is 0 Å². The molecule has 0 spiro atoms. The van der Waals surface area contributed by atoms with Gasteiger partial charge < -0.3 is 9.47 Å². The Labute approximate surface area is 249 Å². The molecule has 4 heteroatoms. The van der Waals surface area contributed by atoms with Gasteiger partial charge in [-0.3, -0.25) is 0 Å². The lowest BCUT2D eigenvalue weighted by atomic mass is 10.2. The second-order valence-corrected chi connectivity index (χ2v) is 12.6. The van der Waals surface area contributed by atoms with Gasteiger partial charge in [-0.1, -0.05) is 66.4 Å². The van der Waals surface area contributed by atoms with Crippen LogP contribution in [0.1, 0.15) is 5.56 Å². The summed E-state index contributed by atoms with van der Waals surface area (Å²) in [5.41, 5.74) is 1.26. The van der Waals surface area contributed by atoms with Crippen molar-refractivity contribution >= 4 is 22.7 Å². The molecule has 1 unspecified atom stereocenters. The Balaban J connectivity index is 1.22. The lowest BCUT2D eigenvalue weighted by Gasteiger charge is -2.12. The Morgan fingerprint density at radius 2 is 0.878 bits per heavy atom. The zero-order valence-electron chi connectivity index (χ0n) is 22.6. The van der Waals surface area contributed by atoms with E-state index in [1.54, 1.807) is 11.8 Å². The molecule has 0 fully saturated rings. The summed E-state index contributed by atoms with van der Waals surface area (Å²) in [6, 6.07) is 54.1. The lowest BCUT2D eigenvalue weighted by molar-refractivity contribution is 0.482. The molecule has 0 amide bonds. The molecule has 0 aliphatic heterocycles. The molecule has 41 heavy (non-hydrogen) atoms. The summed E-state index contributed by atoms with van der Waals surface area (Å²) in [5.74, 6) is 3.34. The van der Waals surface area contributed by atoms with Crippen molar-refractivity contribution in [2.75, 3.05) is 0 Å². The highest BCUT2D eigenvalue weighted by atomic mass is 32.2. The molecule has 0 aliphatic carbocycles. The summed E-state index contributed by atoms with van der Waals surface area (Å²) in [6.45, 7) is 2.20. The van der Waals surface area contributed by atoms with Gasteiger partial charge in [0.2, 0.25) is 0 Å². The van der Waals surface area contributed by atoms with Crippen molar-refractivity contribution in [3.8, 4) is 23.0 Å². The minimum absolute atomic E-state index is 0.238. The molecule has 0 radical (unpaired) electrons. The first-order chi connectivity index (χ1) is 20.2. The number of hydrogen-bond donors (Lipinski definition) is 0. The molecule has 1 atom stereocenters. The topological polar surface area (TPSA) is 18.5 Å². The average molecular weight is 570 g/mol. The maximum Gasteiger partial charge on any atom is 0.166 e. The molecule has 0 N–H and O–H groups in total. The van der Waals surface area contributed by atoms with Crippen LogP contribution in [0.25, 0.3) is 0 Å². The van der Waals surface area contributed by atoms with E-state index in [-0.39, 0.29) is 10.9 Å². The number of ether oxygens (including phenoxy) is 2. The fourth-order valence-electron chi connectivity index (χ4n) is 4.42. The summed E-state index contributed by atoms with van der Waals surface area (Å²) >= 11 is 1.78. The molecular formula is C37H29O2S2+. The smallest absolute Gasteiger partial charge is 0.166 e. The first-order valence-electron chi connectivity index (χ1n) is 13.4. The molecule has 6 aromatic rings. The Morgan fingerprint density at radius 3 is 1.41 bits per heavy atom. The zero-order valence-corrected chi connectivity index (χ0v) is 24.3. The largest absolute Gasteiger partial charge is 0.457 e. The van der Waals surface area contributed by atoms with Gasteiger partial charge in [0.15, 0.2) is 14.7 Å². The normalized spacial score (nSPS) is 11.5. The summed E-state index contributed by atoms with van der Waals surface area (Å²) in [7, 11) is -0.238. The van der Waals surface area contributed by atoms with Crippen LogP contribution in [-0.2, 0) is 10.9 Å². The SMILES string of the molecule is Cc1cc([S+](c2ccccc2)c2ccc(Oc3ccccc3)cc2)ccc1Sc1ccc(Oc2ccccc2)cc1. The van der Waals surface area contributed by atoms with Crippen molar-refractivity contribution < 1.29 is 9.47 Å². The van der Waals surface area contributed by atoms with Crippen LogP contribution in [0.3, 0.4) is 0 Å². The van der Waals surface area contributed by atoms with Crippen molar-refractivity contribution in [1.82, 2.24) is 0 Å². The van der Waals surface area contributed by atoms with E-state index in [9.17, 15) is 0 Å². The predicted molar refractivity (Wildman–Crippen MR) is 170 cm³/mol. The number of benzene rings is 6. The minimum Gasteiger partial charge on any atom is -0.457 e. The van der Waals surface area contributed by atoms with Crippen LogP contribution < -0.4 is 9.47 Å². The third kappa shape index (κ3) is 6.86. The Morgan fingerprint density at radius 1 is 0.439 bits per heavy atom. The summed E-state index contributed by atoms with van der Waals surface area (Å²) < 4.78 is 12.0. The van der Waals surface area contributed by atoms with Crippen LogP contribution in [0.15, 0.2) is 182 Å². The van der Waals surface area contributed by atoms with Gasteiger partial charge in [-0.15, -0.1) is 0 Å². The van der Waals surface area contributed by atoms with E-state index in [4.69, 9.17) is 9.47 Å². The Hall–Kier alpha value is -4.38. The summed E-state index contributed by atoms with van der Waals surface area (Å²) in [6.07, 6.45) is 0. The third-order valence-electron chi connectivity index (χ3n) is 6.43. The second-order valence-electron chi connectivity index (χ2n) is 9.42. The number of aryl methyl sites for hydroxylation is 1. The van der Waals surface area contributed by atoms with Gasteiger partial charge in [-0.2, -0.15) is 0 Å². The molecule has 2 nitrogen and oxygen atoms in total. The van der Waals surface area contributed by atoms with E-state index in [0.29, 0.717) is 0 Å². The van der Waals surface area contributed by atoms with E-state index in [2.05, 4.69) is 91.9 Å². The second kappa shape index (κ2) is 12.9.